The van der Waals surface area contributed by atoms with E-state index in [4.69, 9.17) is 0 Å². The third kappa shape index (κ3) is 8.00. The van der Waals surface area contributed by atoms with Crippen molar-refractivity contribution in [2.45, 2.75) is 32.7 Å². The number of benzene rings is 2. The largest absolute Gasteiger partial charge is 0.356 e. The molecule has 0 fully saturated rings. The molecule has 0 aromatic heterocycles. The van der Waals surface area contributed by atoms with E-state index in [1.165, 1.54) is 5.56 Å². The highest BCUT2D eigenvalue weighted by atomic mass is 16.2. The molecular formula is C26H39N5O. The van der Waals surface area contributed by atoms with Crippen LogP contribution in [-0.4, -0.2) is 75.0 Å². The molecule has 2 aromatic rings. The molecule has 0 spiro atoms. The number of hydrogen-bond acceptors (Lipinski definition) is 3. The van der Waals surface area contributed by atoms with Crippen LogP contribution < -0.4 is 10.6 Å². The summed E-state index contributed by atoms with van der Waals surface area (Å²) in [5.74, 6) is 0.828. The van der Waals surface area contributed by atoms with Crippen molar-refractivity contribution in [1.29, 1.82) is 0 Å². The average molecular weight is 438 g/mol. The predicted molar refractivity (Wildman–Crippen MR) is 134 cm³/mol. The average Bonchev–Trinajstić information content (AvgIpc) is 2.82. The highest BCUT2D eigenvalue weighted by Crippen LogP contribution is 2.09. The van der Waals surface area contributed by atoms with Crippen molar-refractivity contribution in [2.75, 3.05) is 47.3 Å². The molecule has 0 aliphatic heterocycles. The molecule has 6 heteroatoms. The standard InChI is InChI=1S/C26H39N5O/c1-6-31(7-2)24(19-21-12-9-8-10-13-21)20-29-26(27-3)28-17-16-22-14-11-15-23(18-22)25(32)30(4)5/h8-15,18,24H,6-7,16-17,19-20H2,1-5H3,(H2,27,28,29). The molecule has 2 N–H and O–H groups in total. The van der Waals surface area contributed by atoms with Gasteiger partial charge in [0, 0.05) is 45.8 Å². The Morgan fingerprint density at radius 1 is 0.969 bits per heavy atom. The summed E-state index contributed by atoms with van der Waals surface area (Å²) < 4.78 is 0. The van der Waals surface area contributed by atoms with Gasteiger partial charge in [-0.3, -0.25) is 14.7 Å². The molecule has 1 unspecified atom stereocenters. The Morgan fingerprint density at radius 3 is 2.28 bits per heavy atom. The summed E-state index contributed by atoms with van der Waals surface area (Å²) in [7, 11) is 5.35. The Labute approximate surface area is 193 Å². The Balaban J connectivity index is 1.90. The van der Waals surface area contributed by atoms with Crippen LogP contribution in [0, 0.1) is 0 Å². The summed E-state index contributed by atoms with van der Waals surface area (Å²) >= 11 is 0. The highest BCUT2D eigenvalue weighted by Gasteiger charge is 2.17. The first-order valence-electron chi connectivity index (χ1n) is 11.5. The van der Waals surface area contributed by atoms with Crippen LogP contribution in [0.5, 0.6) is 0 Å². The number of amides is 1. The summed E-state index contributed by atoms with van der Waals surface area (Å²) in [4.78, 5) is 20.7. The number of aliphatic imine (C=N–C) groups is 1. The third-order valence-electron chi connectivity index (χ3n) is 5.66. The number of carbonyl (C=O) groups excluding carboxylic acids is 1. The first-order valence-corrected chi connectivity index (χ1v) is 11.5. The van der Waals surface area contributed by atoms with Gasteiger partial charge in [-0.15, -0.1) is 0 Å². The maximum atomic E-state index is 12.2. The second-order valence-corrected chi connectivity index (χ2v) is 8.09. The smallest absolute Gasteiger partial charge is 0.253 e. The second kappa shape index (κ2) is 13.5. The number of guanidine groups is 1. The highest BCUT2D eigenvalue weighted by molar-refractivity contribution is 5.94. The molecule has 0 heterocycles. The van der Waals surface area contributed by atoms with Gasteiger partial charge in [-0.2, -0.15) is 0 Å². The summed E-state index contributed by atoms with van der Waals surface area (Å²) in [5.41, 5.74) is 3.20. The quantitative estimate of drug-likeness (QED) is 0.419. The minimum atomic E-state index is 0.0261. The lowest BCUT2D eigenvalue weighted by Gasteiger charge is -2.30. The summed E-state index contributed by atoms with van der Waals surface area (Å²) in [6.45, 7) is 8.03. The van der Waals surface area contributed by atoms with E-state index in [1.807, 2.05) is 18.2 Å². The van der Waals surface area contributed by atoms with Gasteiger partial charge in [0.05, 0.1) is 0 Å². The van der Waals surface area contributed by atoms with E-state index in [0.717, 1.165) is 56.1 Å². The number of rotatable bonds is 11. The number of hydrogen-bond donors (Lipinski definition) is 2. The van der Waals surface area contributed by atoms with Crippen molar-refractivity contribution in [3.8, 4) is 0 Å². The fraction of sp³-hybridized carbons (Fsp3) is 0.462. The number of nitrogens with zero attached hydrogens (tertiary/aromatic N) is 3. The van der Waals surface area contributed by atoms with E-state index < -0.39 is 0 Å². The molecule has 2 rings (SSSR count). The summed E-state index contributed by atoms with van der Waals surface area (Å²) in [6.07, 6.45) is 1.82. The zero-order valence-electron chi connectivity index (χ0n) is 20.3. The molecule has 0 aliphatic carbocycles. The van der Waals surface area contributed by atoms with E-state index in [0.29, 0.717) is 6.04 Å². The van der Waals surface area contributed by atoms with Crippen molar-refractivity contribution in [2.24, 2.45) is 4.99 Å². The van der Waals surface area contributed by atoms with Crippen LogP contribution in [0.1, 0.15) is 35.3 Å². The molecular weight excluding hydrogens is 398 g/mol. The number of carbonyl (C=O) groups is 1. The minimum absolute atomic E-state index is 0.0261. The lowest BCUT2D eigenvalue weighted by Crippen LogP contribution is -2.48. The van der Waals surface area contributed by atoms with Gasteiger partial charge in [0.1, 0.15) is 0 Å². The monoisotopic (exact) mass is 437 g/mol. The van der Waals surface area contributed by atoms with Crippen molar-refractivity contribution in [1.82, 2.24) is 20.4 Å². The van der Waals surface area contributed by atoms with Crippen LogP contribution in [0.4, 0.5) is 0 Å². The van der Waals surface area contributed by atoms with Gasteiger partial charge in [0.25, 0.3) is 5.91 Å². The van der Waals surface area contributed by atoms with Crippen molar-refractivity contribution in [3.63, 3.8) is 0 Å². The van der Waals surface area contributed by atoms with Gasteiger partial charge in [0.15, 0.2) is 5.96 Å². The lowest BCUT2D eigenvalue weighted by atomic mass is 10.0. The fourth-order valence-electron chi connectivity index (χ4n) is 3.83. The zero-order valence-corrected chi connectivity index (χ0v) is 20.3. The molecule has 6 nitrogen and oxygen atoms in total. The van der Waals surface area contributed by atoms with Gasteiger partial charge in [-0.1, -0.05) is 56.3 Å². The Morgan fingerprint density at radius 2 is 1.66 bits per heavy atom. The molecule has 0 radical (unpaired) electrons. The van der Waals surface area contributed by atoms with E-state index in [9.17, 15) is 4.79 Å². The minimum Gasteiger partial charge on any atom is -0.356 e. The maximum absolute atomic E-state index is 12.2. The SMILES string of the molecule is CCN(CC)C(CNC(=NC)NCCc1cccc(C(=O)N(C)C)c1)Cc1ccccc1. The van der Waals surface area contributed by atoms with Gasteiger partial charge >= 0.3 is 0 Å². The van der Waals surface area contributed by atoms with Crippen molar-refractivity contribution >= 4 is 11.9 Å². The van der Waals surface area contributed by atoms with Crippen LogP contribution in [0.2, 0.25) is 0 Å². The van der Waals surface area contributed by atoms with Crippen LogP contribution in [-0.2, 0) is 12.8 Å². The summed E-state index contributed by atoms with van der Waals surface area (Å²) in [5, 5.41) is 6.91. The summed E-state index contributed by atoms with van der Waals surface area (Å²) in [6, 6.07) is 18.9. The van der Waals surface area contributed by atoms with E-state index in [-0.39, 0.29) is 5.91 Å². The molecule has 0 saturated heterocycles. The van der Waals surface area contributed by atoms with Crippen LogP contribution in [0.15, 0.2) is 59.6 Å². The first kappa shape index (κ1) is 25.4. The molecule has 32 heavy (non-hydrogen) atoms. The van der Waals surface area contributed by atoms with E-state index in [1.54, 1.807) is 26.0 Å². The Hall–Kier alpha value is -2.86. The second-order valence-electron chi connectivity index (χ2n) is 8.09. The normalized spacial score (nSPS) is 12.5. The Kier molecular flexibility index (Phi) is 10.7. The molecule has 1 atom stereocenters. The first-order chi connectivity index (χ1) is 15.5. The van der Waals surface area contributed by atoms with Gasteiger partial charge in [-0.25, -0.2) is 0 Å². The third-order valence-corrected chi connectivity index (χ3v) is 5.66. The molecule has 1 amide bonds. The van der Waals surface area contributed by atoms with Crippen molar-refractivity contribution < 1.29 is 4.79 Å². The molecule has 0 bridgehead atoms. The predicted octanol–water partition coefficient (Wildman–Crippen LogP) is 3.05. The number of nitrogens with one attached hydrogen (secondary N) is 2. The Bertz CT molecular complexity index is 846. The van der Waals surface area contributed by atoms with E-state index >= 15 is 0 Å². The lowest BCUT2D eigenvalue weighted by molar-refractivity contribution is 0.0827. The topological polar surface area (TPSA) is 60.0 Å². The van der Waals surface area contributed by atoms with Crippen molar-refractivity contribution in [3.05, 3.63) is 71.3 Å². The van der Waals surface area contributed by atoms with Crippen LogP contribution in [0.25, 0.3) is 0 Å². The number of likely N-dealkylation sites (N-methyl/N-ethyl adjacent to an activating group) is 1. The zero-order chi connectivity index (χ0) is 23.3. The van der Waals surface area contributed by atoms with Gasteiger partial charge in [-0.05, 0) is 49.2 Å². The maximum Gasteiger partial charge on any atom is 0.253 e. The van der Waals surface area contributed by atoms with Gasteiger partial charge in [0.2, 0.25) is 0 Å². The van der Waals surface area contributed by atoms with Gasteiger partial charge < -0.3 is 15.5 Å². The molecule has 0 aliphatic rings. The molecule has 174 valence electrons. The fourth-order valence-corrected chi connectivity index (χ4v) is 3.83. The van der Waals surface area contributed by atoms with Crippen LogP contribution >= 0.6 is 0 Å². The van der Waals surface area contributed by atoms with Crippen LogP contribution in [0.3, 0.4) is 0 Å². The molecule has 2 aromatic carbocycles. The van der Waals surface area contributed by atoms with E-state index in [2.05, 4.69) is 70.8 Å². The molecule has 0 saturated carbocycles.